The Bertz CT molecular complexity index is 890. The zero-order valence-electron chi connectivity index (χ0n) is 15.6. The molecule has 9 heteroatoms. The quantitative estimate of drug-likeness (QED) is 0.602. The van der Waals surface area contributed by atoms with Crippen LogP contribution in [0.15, 0.2) is 30.5 Å². The fraction of sp³-hybridized carbons (Fsp3) is 0.421. The molecule has 1 N–H and O–H groups in total. The van der Waals surface area contributed by atoms with Crippen LogP contribution in [-0.4, -0.2) is 49.7 Å². The fourth-order valence-electron chi connectivity index (χ4n) is 3.58. The van der Waals surface area contributed by atoms with E-state index in [1.165, 1.54) is 12.1 Å². The average Bonchev–Trinajstić information content (AvgIpc) is 3.07. The summed E-state index contributed by atoms with van der Waals surface area (Å²) in [6.07, 6.45) is 4.07. The van der Waals surface area contributed by atoms with E-state index in [0.29, 0.717) is 36.3 Å². The second-order valence-electron chi connectivity index (χ2n) is 7.06. The summed E-state index contributed by atoms with van der Waals surface area (Å²) < 4.78 is 1.55. The van der Waals surface area contributed by atoms with Gasteiger partial charge in [0.1, 0.15) is 5.69 Å². The molecule has 0 aliphatic carbocycles. The second kappa shape index (κ2) is 8.20. The Morgan fingerprint density at radius 1 is 1.32 bits per heavy atom. The Morgan fingerprint density at radius 3 is 2.68 bits per heavy atom. The van der Waals surface area contributed by atoms with Gasteiger partial charge in [-0.1, -0.05) is 0 Å². The second-order valence-corrected chi connectivity index (χ2v) is 7.06. The van der Waals surface area contributed by atoms with Crippen molar-refractivity contribution in [1.29, 1.82) is 0 Å². The highest BCUT2D eigenvalue weighted by Gasteiger charge is 2.28. The molecule has 1 aliphatic heterocycles. The van der Waals surface area contributed by atoms with Gasteiger partial charge >= 0.3 is 5.97 Å². The number of likely N-dealkylation sites (tertiary alicyclic amines) is 1. The normalized spacial score (nSPS) is 16.8. The van der Waals surface area contributed by atoms with Gasteiger partial charge < -0.3 is 10.0 Å². The third-order valence-electron chi connectivity index (χ3n) is 4.98. The van der Waals surface area contributed by atoms with E-state index in [-0.39, 0.29) is 23.9 Å². The predicted octanol–water partition coefficient (Wildman–Crippen LogP) is 2.71. The number of aliphatic carboxylic acids is 1. The van der Waals surface area contributed by atoms with Crippen molar-refractivity contribution in [3.05, 3.63) is 46.1 Å². The summed E-state index contributed by atoms with van der Waals surface area (Å²) >= 11 is 0. The Morgan fingerprint density at radius 2 is 2.04 bits per heavy atom. The van der Waals surface area contributed by atoms with Crippen molar-refractivity contribution >= 4 is 17.6 Å². The number of rotatable bonds is 6. The molecule has 1 aliphatic rings. The van der Waals surface area contributed by atoms with E-state index in [9.17, 15) is 19.7 Å². The lowest BCUT2D eigenvalue weighted by atomic mass is 9.93. The van der Waals surface area contributed by atoms with Gasteiger partial charge in [0.15, 0.2) is 0 Å². The summed E-state index contributed by atoms with van der Waals surface area (Å²) in [5.74, 6) is -0.800. The Labute approximate surface area is 161 Å². The molecule has 3 rings (SSSR count). The number of amides is 1. The first kappa shape index (κ1) is 19.5. The minimum Gasteiger partial charge on any atom is -0.481 e. The number of aromatic nitrogens is 2. The van der Waals surface area contributed by atoms with E-state index in [0.717, 1.165) is 12.8 Å². The summed E-state index contributed by atoms with van der Waals surface area (Å²) in [5.41, 5.74) is 1.53. The molecule has 1 unspecified atom stereocenters. The topological polar surface area (TPSA) is 119 Å². The number of hydrogen-bond donors (Lipinski definition) is 1. The van der Waals surface area contributed by atoms with Crippen LogP contribution in [0.1, 0.15) is 36.0 Å². The highest BCUT2D eigenvalue weighted by Crippen LogP contribution is 2.28. The smallest absolute Gasteiger partial charge is 0.303 e. The number of carbonyl (C=O) groups is 2. The van der Waals surface area contributed by atoms with Gasteiger partial charge in [-0.2, -0.15) is 5.10 Å². The molecular formula is C19H22N4O5. The molecule has 0 bridgehead atoms. The Hall–Kier alpha value is -3.23. The molecule has 9 nitrogen and oxygen atoms in total. The average molecular weight is 386 g/mol. The predicted molar refractivity (Wildman–Crippen MR) is 101 cm³/mol. The van der Waals surface area contributed by atoms with E-state index < -0.39 is 10.9 Å². The highest BCUT2D eigenvalue weighted by atomic mass is 16.6. The molecule has 2 heterocycles. The van der Waals surface area contributed by atoms with E-state index in [4.69, 9.17) is 5.11 Å². The lowest BCUT2D eigenvalue weighted by Crippen LogP contribution is -2.40. The van der Waals surface area contributed by atoms with Gasteiger partial charge in [-0.3, -0.25) is 24.4 Å². The largest absolute Gasteiger partial charge is 0.481 e. The van der Waals surface area contributed by atoms with Gasteiger partial charge in [0.25, 0.3) is 11.6 Å². The molecular weight excluding hydrogens is 364 g/mol. The van der Waals surface area contributed by atoms with Crippen molar-refractivity contribution in [2.24, 2.45) is 13.0 Å². The highest BCUT2D eigenvalue weighted by molar-refractivity contribution is 5.99. The number of carboxylic acids is 1. The summed E-state index contributed by atoms with van der Waals surface area (Å²) in [7, 11) is 1.72. The molecule has 1 saturated heterocycles. The zero-order chi connectivity index (χ0) is 20.3. The molecule has 1 fully saturated rings. The number of piperidine rings is 1. The number of hydrogen-bond acceptors (Lipinski definition) is 5. The summed E-state index contributed by atoms with van der Waals surface area (Å²) in [5, 5.41) is 24.1. The van der Waals surface area contributed by atoms with Crippen LogP contribution in [0, 0.1) is 16.0 Å². The summed E-state index contributed by atoms with van der Waals surface area (Å²) in [4.78, 5) is 36.1. The third kappa shape index (κ3) is 4.36. The number of nitro groups is 1. The van der Waals surface area contributed by atoms with Crippen LogP contribution in [0.5, 0.6) is 0 Å². The van der Waals surface area contributed by atoms with Crippen LogP contribution < -0.4 is 0 Å². The van der Waals surface area contributed by atoms with Crippen LogP contribution >= 0.6 is 0 Å². The van der Waals surface area contributed by atoms with E-state index in [1.807, 2.05) is 0 Å². The van der Waals surface area contributed by atoms with Gasteiger partial charge in [0.2, 0.25) is 0 Å². The Balaban J connectivity index is 1.80. The molecule has 0 saturated carbocycles. The van der Waals surface area contributed by atoms with E-state index in [1.54, 1.807) is 35.0 Å². The number of non-ortho nitro benzene ring substituents is 1. The number of carbonyl (C=O) groups excluding carboxylic acids is 1. The van der Waals surface area contributed by atoms with Crippen molar-refractivity contribution < 1.29 is 19.6 Å². The molecule has 1 aromatic heterocycles. The summed E-state index contributed by atoms with van der Waals surface area (Å²) in [6.45, 7) is 1.15. The number of nitrogens with zero attached hydrogens (tertiary/aromatic N) is 4. The molecule has 2 aromatic rings. The molecule has 148 valence electrons. The molecule has 1 aromatic carbocycles. The maximum absolute atomic E-state index is 13.1. The first-order valence-corrected chi connectivity index (χ1v) is 9.14. The molecule has 28 heavy (non-hydrogen) atoms. The van der Waals surface area contributed by atoms with Crippen molar-refractivity contribution in [1.82, 2.24) is 14.7 Å². The minimum absolute atomic E-state index is 0.0233. The number of nitro benzene ring substituents is 1. The van der Waals surface area contributed by atoms with Gasteiger partial charge in [-0.05, 0) is 37.3 Å². The van der Waals surface area contributed by atoms with Crippen molar-refractivity contribution in [2.75, 3.05) is 13.1 Å². The van der Waals surface area contributed by atoms with E-state index in [2.05, 4.69) is 5.10 Å². The van der Waals surface area contributed by atoms with Crippen LogP contribution in [0.4, 0.5) is 5.69 Å². The maximum Gasteiger partial charge on any atom is 0.303 e. The van der Waals surface area contributed by atoms with Gasteiger partial charge in [0, 0.05) is 50.5 Å². The minimum atomic E-state index is -0.823. The molecule has 1 atom stereocenters. The molecule has 1 amide bonds. The number of aryl methyl sites for hydroxylation is 1. The first-order chi connectivity index (χ1) is 13.3. The maximum atomic E-state index is 13.1. The van der Waals surface area contributed by atoms with Gasteiger partial charge in [-0.25, -0.2) is 0 Å². The molecule has 0 radical (unpaired) electrons. The van der Waals surface area contributed by atoms with Crippen LogP contribution in [0.25, 0.3) is 11.3 Å². The number of benzene rings is 1. The van der Waals surface area contributed by atoms with Gasteiger partial charge in [0.05, 0.1) is 10.5 Å². The lowest BCUT2D eigenvalue weighted by Gasteiger charge is -2.32. The van der Waals surface area contributed by atoms with E-state index >= 15 is 0 Å². The summed E-state index contributed by atoms with van der Waals surface area (Å²) in [6, 6.07) is 5.95. The van der Waals surface area contributed by atoms with Crippen molar-refractivity contribution in [3.8, 4) is 11.3 Å². The van der Waals surface area contributed by atoms with Crippen molar-refractivity contribution in [3.63, 3.8) is 0 Å². The molecule has 0 spiro atoms. The fourth-order valence-corrected chi connectivity index (χ4v) is 3.58. The SMILES string of the molecule is Cn1cc(C(=O)N2CCCC(CCC(=O)O)C2)c(-c2ccc([N+](=O)[O-])cc2)n1. The number of carboxylic acid groups (broad SMARTS) is 1. The lowest BCUT2D eigenvalue weighted by molar-refractivity contribution is -0.384. The van der Waals surface area contributed by atoms with Crippen LogP contribution in [0.2, 0.25) is 0 Å². The van der Waals surface area contributed by atoms with Gasteiger partial charge in [-0.15, -0.1) is 0 Å². The van der Waals surface area contributed by atoms with Crippen LogP contribution in [0.3, 0.4) is 0 Å². The van der Waals surface area contributed by atoms with Crippen molar-refractivity contribution in [2.45, 2.75) is 25.7 Å². The zero-order valence-corrected chi connectivity index (χ0v) is 15.6. The Kier molecular flexibility index (Phi) is 5.72. The standard InChI is InChI=1S/C19H22N4O5/c1-21-12-16(18(20-21)14-5-7-15(8-6-14)23(27)28)19(26)22-10-2-3-13(11-22)4-9-17(24)25/h5-8,12-13H,2-4,9-11H2,1H3,(H,24,25). The monoisotopic (exact) mass is 386 g/mol. The third-order valence-corrected chi connectivity index (χ3v) is 4.98. The first-order valence-electron chi connectivity index (χ1n) is 9.14. The van der Waals surface area contributed by atoms with Crippen LogP contribution in [-0.2, 0) is 11.8 Å².